The number of thiophene rings is 1. The predicted molar refractivity (Wildman–Crippen MR) is 93.1 cm³/mol. The molecule has 4 heteroatoms. The van der Waals surface area contributed by atoms with Gasteiger partial charge in [0.15, 0.2) is 0 Å². The van der Waals surface area contributed by atoms with Crippen LogP contribution in [-0.2, 0) is 13.0 Å². The molecule has 0 aliphatic rings. The van der Waals surface area contributed by atoms with Crippen LogP contribution < -0.4 is 10.5 Å². The largest absolute Gasteiger partial charge is 0.488 e. The van der Waals surface area contributed by atoms with Gasteiger partial charge in [0.2, 0.25) is 0 Å². The van der Waals surface area contributed by atoms with Gasteiger partial charge in [-0.2, -0.15) is 0 Å². The fraction of sp³-hybridized carbons (Fsp3) is 0.176. The maximum Gasteiger partial charge on any atom is 0.123 e. The second-order valence-electron chi connectivity index (χ2n) is 4.80. The van der Waals surface area contributed by atoms with Crippen molar-refractivity contribution < 1.29 is 4.74 Å². The van der Waals surface area contributed by atoms with Crippen LogP contribution in [0.15, 0.2) is 52.3 Å². The van der Waals surface area contributed by atoms with Gasteiger partial charge in [0.25, 0.3) is 0 Å². The molecule has 3 rings (SSSR count). The molecule has 0 atom stereocenters. The molecule has 108 valence electrons. The van der Waals surface area contributed by atoms with Crippen molar-refractivity contribution in [3.05, 3.63) is 62.8 Å². The smallest absolute Gasteiger partial charge is 0.123 e. The molecule has 0 spiro atoms. The third-order valence-corrected chi connectivity index (χ3v) is 4.99. The van der Waals surface area contributed by atoms with Crippen LogP contribution >= 0.6 is 27.3 Å². The molecule has 0 saturated heterocycles. The molecule has 21 heavy (non-hydrogen) atoms. The summed E-state index contributed by atoms with van der Waals surface area (Å²) in [7, 11) is 0. The molecule has 1 aromatic heterocycles. The second kappa shape index (κ2) is 6.60. The van der Waals surface area contributed by atoms with E-state index >= 15 is 0 Å². The van der Waals surface area contributed by atoms with Crippen molar-refractivity contribution in [1.29, 1.82) is 0 Å². The van der Waals surface area contributed by atoms with E-state index in [2.05, 4.69) is 58.4 Å². The van der Waals surface area contributed by atoms with Gasteiger partial charge < -0.3 is 10.5 Å². The van der Waals surface area contributed by atoms with Crippen LogP contribution in [0.2, 0.25) is 0 Å². The van der Waals surface area contributed by atoms with Crippen molar-refractivity contribution in [3.63, 3.8) is 0 Å². The summed E-state index contributed by atoms with van der Waals surface area (Å²) < 4.78 is 7.16. The van der Waals surface area contributed by atoms with Crippen molar-refractivity contribution >= 4 is 38.0 Å². The first-order valence-corrected chi connectivity index (χ1v) is 8.46. The lowest BCUT2D eigenvalue weighted by Gasteiger charge is -2.13. The SMILES string of the molecule is NCCc1c(OCc2ccc(Br)s2)ccc2ccccc12. The Bertz CT molecular complexity index is 753. The van der Waals surface area contributed by atoms with Gasteiger partial charge in [-0.25, -0.2) is 0 Å². The molecule has 0 fully saturated rings. The van der Waals surface area contributed by atoms with E-state index in [0.717, 1.165) is 16.0 Å². The van der Waals surface area contributed by atoms with E-state index in [-0.39, 0.29) is 0 Å². The van der Waals surface area contributed by atoms with E-state index in [1.54, 1.807) is 11.3 Å². The standard InChI is InChI=1S/C17H16BrNOS/c18-17-8-6-13(21-17)11-20-16-7-5-12-3-1-2-4-14(12)15(16)9-10-19/h1-8H,9-11,19H2. The lowest BCUT2D eigenvalue weighted by molar-refractivity contribution is 0.307. The number of rotatable bonds is 5. The molecule has 2 N–H and O–H groups in total. The highest BCUT2D eigenvalue weighted by molar-refractivity contribution is 9.11. The van der Waals surface area contributed by atoms with Crippen LogP contribution in [0.25, 0.3) is 10.8 Å². The van der Waals surface area contributed by atoms with E-state index in [9.17, 15) is 0 Å². The highest BCUT2D eigenvalue weighted by Gasteiger charge is 2.09. The van der Waals surface area contributed by atoms with Crippen molar-refractivity contribution in [1.82, 2.24) is 0 Å². The first kappa shape index (κ1) is 14.6. The van der Waals surface area contributed by atoms with Crippen molar-refractivity contribution in [2.75, 3.05) is 6.54 Å². The minimum absolute atomic E-state index is 0.589. The Hall–Kier alpha value is -1.36. The number of hydrogen-bond acceptors (Lipinski definition) is 3. The average Bonchev–Trinajstić information content (AvgIpc) is 2.92. The number of halogens is 1. The maximum absolute atomic E-state index is 6.03. The van der Waals surface area contributed by atoms with E-state index < -0.39 is 0 Å². The summed E-state index contributed by atoms with van der Waals surface area (Å²) in [5.41, 5.74) is 6.97. The topological polar surface area (TPSA) is 35.2 Å². The molecule has 0 bridgehead atoms. The molecule has 1 heterocycles. The van der Waals surface area contributed by atoms with Gasteiger partial charge in [0.05, 0.1) is 3.79 Å². The molecular formula is C17H16BrNOS. The van der Waals surface area contributed by atoms with Crippen molar-refractivity contribution in [2.24, 2.45) is 5.73 Å². The normalized spacial score (nSPS) is 11.0. The highest BCUT2D eigenvalue weighted by atomic mass is 79.9. The first-order chi connectivity index (χ1) is 10.3. The molecule has 3 aromatic rings. The van der Waals surface area contributed by atoms with Crippen LogP contribution in [-0.4, -0.2) is 6.54 Å². The molecule has 2 nitrogen and oxygen atoms in total. The lowest BCUT2D eigenvalue weighted by Crippen LogP contribution is -2.06. The molecule has 0 saturated carbocycles. The van der Waals surface area contributed by atoms with Gasteiger partial charge in [0, 0.05) is 10.4 Å². The summed E-state index contributed by atoms with van der Waals surface area (Å²) in [4.78, 5) is 1.20. The number of nitrogens with two attached hydrogens (primary N) is 1. The third kappa shape index (κ3) is 3.28. The number of benzene rings is 2. The van der Waals surface area contributed by atoms with Crippen LogP contribution in [0.3, 0.4) is 0 Å². The summed E-state index contributed by atoms with van der Waals surface area (Å²) >= 11 is 5.17. The minimum atomic E-state index is 0.589. The zero-order valence-electron chi connectivity index (χ0n) is 11.5. The van der Waals surface area contributed by atoms with Crippen LogP contribution in [0.5, 0.6) is 5.75 Å². The average molecular weight is 362 g/mol. The Balaban J connectivity index is 1.91. The summed E-state index contributed by atoms with van der Waals surface area (Å²) in [5, 5.41) is 2.46. The highest BCUT2D eigenvalue weighted by Crippen LogP contribution is 2.30. The summed E-state index contributed by atoms with van der Waals surface area (Å²) in [5.74, 6) is 0.934. The fourth-order valence-electron chi connectivity index (χ4n) is 2.43. The number of ether oxygens (including phenoxy) is 1. The maximum atomic E-state index is 6.03. The summed E-state index contributed by atoms with van der Waals surface area (Å²) in [6.45, 7) is 1.21. The van der Waals surface area contributed by atoms with E-state index in [1.807, 2.05) is 6.07 Å². The van der Waals surface area contributed by atoms with Crippen LogP contribution in [0.1, 0.15) is 10.4 Å². The molecule has 0 radical (unpaired) electrons. The first-order valence-electron chi connectivity index (χ1n) is 6.85. The Labute approximate surface area is 136 Å². The van der Waals surface area contributed by atoms with E-state index in [4.69, 9.17) is 10.5 Å². The van der Waals surface area contributed by atoms with Crippen LogP contribution in [0, 0.1) is 0 Å². The predicted octanol–water partition coefficient (Wildman–Crippen LogP) is 4.74. The zero-order chi connectivity index (χ0) is 14.7. The van der Waals surface area contributed by atoms with Gasteiger partial charge in [-0.3, -0.25) is 0 Å². The summed E-state index contributed by atoms with van der Waals surface area (Å²) in [6.07, 6.45) is 0.824. The van der Waals surface area contributed by atoms with Gasteiger partial charge >= 0.3 is 0 Å². The lowest BCUT2D eigenvalue weighted by atomic mass is 10.0. The van der Waals surface area contributed by atoms with Crippen LogP contribution in [0.4, 0.5) is 0 Å². The second-order valence-corrected chi connectivity index (χ2v) is 7.34. The Morgan fingerprint density at radius 1 is 1.05 bits per heavy atom. The Morgan fingerprint density at radius 2 is 1.90 bits per heavy atom. The Kier molecular flexibility index (Phi) is 4.58. The van der Waals surface area contributed by atoms with Gasteiger partial charge in [-0.15, -0.1) is 11.3 Å². The van der Waals surface area contributed by atoms with Gasteiger partial charge in [0.1, 0.15) is 12.4 Å². The molecule has 2 aromatic carbocycles. The molecule has 0 aliphatic heterocycles. The molecule has 0 unspecified atom stereocenters. The van der Waals surface area contributed by atoms with Crippen molar-refractivity contribution in [3.8, 4) is 5.75 Å². The third-order valence-electron chi connectivity index (χ3n) is 3.39. The van der Waals surface area contributed by atoms with Gasteiger partial charge in [-0.05, 0) is 57.9 Å². The summed E-state index contributed by atoms with van der Waals surface area (Å²) in [6, 6.07) is 16.7. The molecule has 0 aliphatic carbocycles. The van der Waals surface area contributed by atoms with E-state index in [0.29, 0.717) is 13.2 Å². The zero-order valence-corrected chi connectivity index (χ0v) is 13.9. The van der Waals surface area contributed by atoms with E-state index in [1.165, 1.54) is 21.2 Å². The minimum Gasteiger partial charge on any atom is -0.488 e. The monoisotopic (exact) mass is 361 g/mol. The molecular weight excluding hydrogens is 346 g/mol. The molecule has 0 amide bonds. The van der Waals surface area contributed by atoms with Crippen molar-refractivity contribution in [2.45, 2.75) is 13.0 Å². The number of fused-ring (bicyclic) bond motifs is 1. The Morgan fingerprint density at radius 3 is 2.67 bits per heavy atom. The quantitative estimate of drug-likeness (QED) is 0.711. The number of hydrogen-bond donors (Lipinski definition) is 1. The van der Waals surface area contributed by atoms with Gasteiger partial charge in [-0.1, -0.05) is 30.3 Å². The fourth-order valence-corrected chi connectivity index (χ4v) is 3.83.